The van der Waals surface area contributed by atoms with E-state index in [4.69, 9.17) is 23.2 Å². The van der Waals surface area contributed by atoms with Crippen molar-refractivity contribution < 1.29 is 8.78 Å². The van der Waals surface area contributed by atoms with Crippen molar-refractivity contribution in [2.24, 2.45) is 9.98 Å². The van der Waals surface area contributed by atoms with Gasteiger partial charge in [0.25, 0.3) is 0 Å². The summed E-state index contributed by atoms with van der Waals surface area (Å²) < 4.78 is 29.3. The van der Waals surface area contributed by atoms with Gasteiger partial charge in [0, 0.05) is 11.8 Å². The zero-order chi connectivity index (χ0) is 20.0. The summed E-state index contributed by atoms with van der Waals surface area (Å²) in [6.07, 6.45) is 3.43. The molecule has 2 aliphatic rings. The van der Waals surface area contributed by atoms with Crippen LogP contribution in [-0.2, 0) is 0 Å². The lowest BCUT2D eigenvalue weighted by molar-refractivity contribution is 0.579. The Balaban J connectivity index is 2.05. The second-order valence-electron chi connectivity index (χ2n) is 6.49. The van der Waals surface area contributed by atoms with E-state index in [2.05, 4.69) is 16.6 Å². The molecule has 142 valence electrons. The van der Waals surface area contributed by atoms with Crippen LogP contribution in [0, 0.1) is 11.6 Å². The van der Waals surface area contributed by atoms with Crippen molar-refractivity contribution in [2.75, 3.05) is 11.4 Å². The summed E-state index contributed by atoms with van der Waals surface area (Å²) in [5, 5.41) is 0.457. The van der Waals surface area contributed by atoms with Gasteiger partial charge in [-0.05, 0) is 36.8 Å². The molecule has 0 spiro atoms. The van der Waals surface area contributed by atoms with Crippen LogP contribution in [0.25, 0.3) is 0 Å². The van der Waals surface area contributed by atoms with E-state index in [1.807, 2.05) is 11.8 Å². The van der Waals surface area contributed by atoms with E-state index in [-0.39, 0.29) is 21.3 Å². The first kappa shape index (κ1) is 18.8. The largest absolute Gasteiger partial charge is 0.323 e. The molecule has 0 amide bonds. The van der Waals surface area contributed by atoms with Crippen LogP contribution in [0.5, 0.6) is 0 Å². The molecule has 7 heteroatoms. The summed E-state index contributed by atoms with van der Waals surface area (Å²) in [6, 6.07) is 6.64. The minimum absolute atomic E-state index is 0.114. The predicted octanol–water partition coefficient (Wildman–Crippen LogP) is 5.80. The van der Waals surface area contributed by atoms with Gasteiger partial charge in [0.1, 0.15) is 23.5 Å². The molecule has 0 saturated heterocycles. The maximum atomic E-state index is 14.6. The second kappa shape index (κ2) is 7.15. The summed E-state index contributed by atoms with van der Waals surface area (Å²) in [4.78, 5) is 11.0. The number of benzene rings is 2. The lowest BCUT2D eigenvalue weighted by Crippen LogP contribution is -2.39. The molecule has 0 aliphatic carbocycles. The molecule has 2 heterocycles. The molecular formula is C21H15Cl2F2N3. The summed E-state index contributed by atoms with van der Waals surface area (Å²) in [7, 11) is 0. The van der Waals surface area contributed by atoms with Gasteiger partial charge in [0.15, 0.2) is 0 Å². The molecule has 2 aliphatic heterocycles. The van der Waals surface area contributed by atoms with E-state index < -0.39 is 17.7 Å². The molecule has 1 atom stereocenters. The van der Waals surface area contributed by atoms with E-state index in [1.165, 1.54) is 18.2 Å². The molecule has 0 fully saturated rings. The van der Waals surface area contributed by atoms with Gasteiger partial charge in [-0.1, -0.05) is 41.9 Å². The number of fused-ring (bicyclic) bond motifs is 3. The molecule has 0 radical (unpaired) electrons. The van der Waals surface area contributed by atoms with Crippen molar-refractivity contribution in [2.45, 2.75) is 13.0 Å². The van der Waals surface area contributed by atoms with Gasteiger partial charge in [-0.25, -0.2) is 13.8 Å². The molecule has 4 rings (SSSR count). The monoisotopic (exact) mass is 417 g/mol. The zero-order valence-corrected chi connectivity index (χ0v) is 16.4. The molecular weight excluding hydrogens is 403 g/mol. The van der Waals surface area contributed by atoms with E-state index in [0.29, 0.717) is 23.6 Å². The highest BCUT2D eigenvalue weighted by molar-refractivity contribution is 6.45. The Morgan fingerprint density at radius 3 is 2.54 bits per heavy atom. The highest BCUT2D eigenvalue weighted by Gasteiger charge is 2.33. The topological polar surface area (TPSA) is 28.0 Å². The quantitative estimate of drug-likeness (QED) is 0.606. The molecule has 3 nitrogen and oxygen atoms in total. The van der Waals surface area contributed by atoms with Crippen molar-refractivity contribution >= 4 is 40.4 Å². The minimum Gasteiger partial charge on any atom is -0.323 e. The van der Waals surface area contributed by atoms with E-state index in [9.17, 15) is 8.78 Å². The second-order valence-corrected chi connectivity index (χ2v) is 7.27. The third-order valence-corrected chi connectivity index (χ3v) is 5.54. The molecule has 2 aromatic rings. The van der Waals surface area contributed by atoms with Crippen LogP contribution in [0.1, 0.15) is 18.1 Å². The van der Waals surface area contributed by atoms with Crippen molar-refractivity contribution in [1.29, 1.82) is 0 Å². The molecule has 0 N–H and O–H groups in total. The van der Waals surface area contributed by atoms with Crippen molar-refractivity contribution in [3.05, 3.63) is 87.6 Å². The Labute approximate surface area is 171 Å². The highest BCUT2D eigenvalue weighted by Crippen LogP contribution is 2.39. The number of amidine groups is 1. The lowest BCUT2D eigenvalue weighted by atomic mass is 9.98. The molecule has 2 aromatic carbocycles. The highest BCUT2D eigenvalue weighted by atomic mass is 35.5. The van der Waals surface area contributed by atoms with Crippen LogP contribution >= 0.6 is 23.2 Å². The van der Waals surface area contributed by atoms with Crippen LogP contribution in [0.2, 0.25) is 10.0 Å². The van der Waals surface area contributed by atoms with Gasteiger partial charge >= 0.3 is 0 Å². The third-order valence-electron chi connectivity index (χ3n) is 4.74. The molecule has 0 saturated carbocycles. The van der Waals surface area contributed by atoms with Crippen LogP contribution < -0.4 is 4.90 Å². The minimum atomic E-state index is -0.723. The van der Waals surface area contributed by atoms with Crippen molar-refractivity contribution in [3.63, 3.8) is 0 Å². The summed E-state index contributed by atoms with van der Waals surface area (Å²) in [5.74, 6) is -0.795. The fourth-order valence-corrected chi connectivity index (χ4v) is 3.81. The number of nitrogens with zero attached hydrogens (tertiary/aromatic N) is 3. The number of aliphatic imine (C=N–C) groups is 2. The zero-order valence-electron chi connectivity index (χ0n) is 14.9. The molecule has 0 bridgehead atoms. The van der Waals surface area contributed by atoms with Crippen LogP contribution in [0.3, 0.4) is 0 Å². The smallest absolute Gasteiger partial charge is 0.135 e. The first-order valence-corrected chi connectivity index (χ1v) is 9.35. The SMILES string of the molecule is C=CC1=CN=C2[C@H](C)N=C(c3c(F)cccc3F)c3c(ccc(Cl)c3Cl)N2C1. The predicted molar refractivity (Wildman–Crippen MR) is 111 cm³/mol. The first-order chi connectivity index (χ1) is 13.4. The number of hydrogen-bond acceptors (Lipinski definition) is 3. The summed E-state index contributed by atoms with van der Waals surface area (Å²) in [6.45, 7) is 6.10. The van der Waals surface area contributed by atoms with Crippen LogP contribution in [0.15, 0.2) is 64.7 Å². The van der Waals surface area contributed by atoms with Gasteiger partial charge in [-0.3, -0.25) is 4.99 Å². The molecule has 0 unspecified atom stereocenters. The van der Waals surface area contributed by atoms with Gasteiger partial charge in [0.05, 0.1) is 33.6 Å². The Hall–Kier alpha value is -2.50. The van der Waals surface area contributed by atoms with Crippen LogP contribution in [-0.4, -0.2) is 24.1 Å². The fraction of sp³-hybridized carbons (Fsp3) is 0.143. The number of rotatable bonds is 2. The first-order valence-electron chi connectivity index (χ1n) is 8.59. The van der Waals surface area contributed by atoms with Gasteiger partial charge in [-0.15, -0.1) is 0 Å². The van der Waals surface area contributed by atoms with E-state index in [0.717, 1.165) is 5.57 Å². The van der Waals surface area contributed by atoms with Crippen LogP contribution in [0.4, 0.5) is 14.5 Å². The molecule has 0 aromatic heterocycles. The fourth-order valence-electron chi connectivity index (χ4n) is 3.40. The Kier molecular flexibility index (Phi) is 4.81. The third kappa shape index (κ3) is 2.95. The maximum Gasteiger partial charge on any atom is 0.135 e. The maximum absolute atomic E-state index is 14.6. The van der Waals surface area contributed by atoms with Crippen molar-refractivity contribution in [1.82, 2.24) is 0 Å². The van der Waals surface area contributed by atoms with Crippen molar-refractivity contribution in [3.8, 4) is 0 Å². The Morgan fingerprint density at radius 1 is 1.14 bits per heavy atom. The van der Waals surface area contributed by atoms with Gasteiger partial charge < -0.3 is 4.90 Å². The average molecular weight is 418 g/mol. The lowest BCUT2D eigenvalue weighted by Gasteiger charge is -2.30. The van der Waals surface area contributed by atoms with Gasteiger partial charge in [0.2, 0.25) is 0 Å². The Bertz CT molecular complexity index is 1070. The summed E-state index contributed by atoms with van der Waals surface area (Å²) >= 11 is 12.8. The van der Waals surface area contributed by atoms with E-state index >= 15 is 0 Å². The Morgan fingerprint density at radius 2 is 1.86 bits per heavy atom. The number of hydrogen-bond donors (Lipinski definition) is 0. The van der Waals surface area contributed by atoms with Gasteiger partial charge in [-0.2, -0.15) is 0 Å². The number of anilines is 1. The summed E-state index contributed by atoms with van der Waals surface area (Å²) in [5.41, 5.74) is 1.78. The average Bonchev–Trinajstić information content (AvgIpc) is 2.79. The van der Waals surface area contributed by atoms with E-state index in [1.54, 1.807) is 24.4 Å². The standard InChI is InChI=1S/C21H15Cl2F2N3/c1-3-12-9-26-21-11(2)27-20(17-14(24)5-4-6-15(17)25)18-16(28(21)10-12)8-7-13(22)19(18)23/h3-9,11H,1,10H2,2H3/t11-/m0/s1. The number of halogens is 4. The normalized spacial score (nSPS) is 18.4. The molecule has 28 heavy (non-hydrogen) atoms.